The minimum absolute atomic E-state index is 0.374. The second-order valence-electron chi connectivity index (χ2n) is 10.9. The summed E-state index contributed by atoms with van der Waals surface area (Å²) >= 11 is 0. The summed E-state index contributed by atoms with van der Waals surface area (Å²) in [5.74, 6) is 0.503. The Balaban J connectivity index is 1.54. The van der Waals surface area contributed by atoms with E-state index < -0.39 is 0 Å². The van der Waals surface area contributed by atoms with Gasteiger partial charge in [0.2, 0.25) is 5.95 Å². The average Bonchev–Trinajstić information content (AvgIpc) is 3.68. The molecule has 0 aliphatic carbocycles. The van der Waals surface area contributed by atoms with E-state index in [0.29, 0.717) is 11.6 Å². The van der Waals surface area contributed by atoms with Crippen LogP contribution in [0.1, 0.15) is 5.69 Å². The molecule has 0 fully saturated rings. The van der Waals surface area contributed by atoms with E-state index in [0.717, 1.165) is 38.1 Å². The Hall–Kier alpha value is -5.99. The number of benzene rings is 6. The number of rotatable bonds is 1. The van der Waals surface area contributed by atoms with Crippen molar-refractivity contribution < 1.29 is 0 Å². The first-order valence-corrected chi connectivity index (χ1v) is 14.0. The van der Waals surface area contributed by atoms with Gasteiger partial charge in [-0.3, -0.25) is 4.57 Å². The van der Waals surface area contributed by atoms with Crippen molar-refractivity contribution in [3.05, 3.63) is 121 Å². The van der Waals surface area contributed by atoms with Crippen LogP contribution in [0.15, 0.2) is 115 Å². The third-order valence-electron chi connectivity index (χ3n) is 8.88. The summed E-state index contributed by atoms with van der Waals surface area (Å²) in [6, 6.07) is 42.6. The van der Waals surface area contributed by atoms with Crippen LogP contribution in [0, 0.1) is 11.3 Å². The number of fused-ring (bicyclic) bond motifs is 13. The fourth-order valence-corrected chi connectivity index (χ4v) is 7.23. The number of hydrogen-bond donors (Lipinski definition) is 0. The second kappa shape index (κ2) is 7.60. The van der Waals surface area contributed by atoms with Gasteiger partial charge in [-0.25, -0.2) is 9.97 Å². The fraction of sp³-hybridized carbons (Fsp3) is 0. The van der Waals surface area contributed by atoms with E-state index in [4.69, 9.17) is 9.97 Å². The molecular weight excluding hydrogens is 514 g/mol. The predicted molar refractivity (Wildman–Crippen MR) is 171 cm³/mol. The van der Waals surface area contributed by atoms with Gasteiger partial charge in [-0.15, -0.1) is 0 Å². The molecule has 0 bridgehead atoms. The van der Waals surface area contributed by atoms with E-state index in [1.807, 2.05) is 24.3 Å². The predicted octanol–water partition coefficient (Wildman–Crippen LogP) is 8.90. The van der Waals surface area contributed by atoms with E-state index in [-0.39, 0.29) is 0 Å². The molecule has 0 aliphatic rings. The maximum absolute atomic E-state index is 10.1. The summed E-state index contributed by atoms with van der Waals surface area (Å²) in [7, 11) is 0. The zero-order valence-electron chi connectivity index (χ0n) is 22.2. The Labute approximate surface area is 238 Å². The number of aromatic nitrogens is 4. The highest BCUT2D eigenvalue weighted by molar-refractivity contribution is 6.37. The molecule has 10 rings (SSSR count). The SMILES string of the molecule is N#Cc1nc(-n2c3cc4c5ccccc5n5c6ccccc6c(c3c3ccc6ccccc6c32)c45)nc2ccccc12. The smallest absolute Gasteiger partial charge is 0.236 e. The Kier molecular flexibility index (Phi) is 3.94. The number of nitriles is 1. The summed E-state index contributed by atoms with van der Waals surface area (Å²) in [5, 5.41) is 20.3. The minimum Gasteiger partial charge on any atom is -0.308 e. The van der Waals surface area contributed by atoms with E-state index in [2.05, 4.69) is 106 Å². The zero-order chi connectivity index (χ0) is 27.5. The molecule has 4 heterocycles. The summed E-state index contributed by atoms with van der Waals surface area (Å²) in [4.78, 5) is 9.97. The van der Waals surface area contributed by atoms with Crippen LogP contribution in [0.25, 0.3) is 87.5 Å². The maximum atomic E-state index is 10.1. The standard InChI is InChI=1S/C37H19N5/c38-20-29-24-12-3-6-14-28(24)39-37(40-29)42-32-19-27-23-11-4-7-15-30(23)41-31-16-8-5-13-25(31)34(36(27)41)33(32)26-18-17-21-9-1-2-10-22(21)35(26)42/h1-19H. The van der Waals surface area contributed by atoms with Gasteiger partial charge in [0.1, 0.15) is 6.07 Å². The van der Waals surface area contributed by atoms with E-state index in [1.165, 1.54) is 43.5 Å². The van der Waals surface area contributed by atoms with Crippen molar-refractivity contribution in [2.45, 2.75) is 0 Å². The van der Waals surface area contributed by atoms with Crippen molar-refractivity contribution in [1.29, 1.82) is 5.26 Å². The van der Waals surface area contributed by atoms with Crippen LogP contribution in [0.3, 0.4) is 0 Å². The lowest BCUT2D eigenvalue weighted by atomic mass is 10.0. The van der Waals surface area contributed by atoms with Gasteiger partial charge < -0.3 is 4.40 Å². The summed E-state index contributed by atoms with van der Waals surface area (Å²) in [5.41, 5.74) is 6.83. The minimum atomic E-state index is 0.374. The maximum Gasteiger partial charge on any atom is 0.236 e. The first-order chi connectivity index (χ1) is 20.8. The van der Waals surface area contributed by atoms with Crippen molar-refractivity contribution in [3.8, 4) is 12.0 Å². The number of para-hydroxylation sites is 3. The van der Waals surface area contributed by atoms with Gasteiger partial charge >= 0.3 is 0 Å². The van der Waals surface area contributed by atoms with Crippen LogP contribution in [0.5, 0.6) is 0 Å². The molecule has 0 radical (unpaired) electrons. The third kappa shape index (κ3) is 2.53. The molecule has 192 valence electrons. The van der Waals surface area contributed by atoms with E-state index in [9.17, 15) is 5.26 Å². The molecule has 0 unspecified atom stereocenters. The van der Waals surface area contributed by atoms with Crippen molar-refractivity contribution in [3.63, 3.8) is 0 Å². The topological polar surface area (TPSA) is 58.9 Å². The van der Waals surface area contributed by atoms with Crippen LogP contribution in [0.2, 0.25) is 0 Å². The molecule has 6 aromatic carbocycles. The van der Waals surface area contributed by atoms with E-state index >= 15 is 0 Å². The van der Waals surface area contributed by atoms with Gasteiger partial charge in [-0.1, -0.05) is 84.9 Å². The Morgan fingerprint density at radius 3 is 2.05 bits per heavy atom. The average molecular weight is 534 g/mol. The first-order valence-electron chi connectivity index (χ1n) is 14.0. The van der Waals surface area contributed by atoms with Crippen molar-refractivity contribution in [2.24, 2.45) is 0 Å². The largest absolute Gasteiger partial charge is 0.308 e. The normalized spacial score (nSPS) is 12.3. The van der Waals surface area contributed by atoms with Gasteiger partial charge in [0.25, 0.3) is 0 Å². The highest BCUT2D eigenvalue weighted by atomic mass is 15.2. The zero-order valence-corrected chi connectivity index (χ0v) is 22.2. The molecule has 0 spiro atoms. The molecular formula is C37H19N5. The summed E-state index contributed by atoms with van der Waals surface area (Å²) < 4.78 is 4.60. The fourth-order valence-electron chi connectivity index (χ4n) is 7.23. The molecule has 4 aromatic heterocycles. The lowest BCUT2D eigenvalue weighted by Crippen LogP contribution is -2.04. The number of nitrogens with zero attached hydrogens (tertiary/aromatic N) is 5. The van der Waals surface area contributed by atoms with E-state index in [1.54, 1.807) is 0 Å². The molecule has 0 saturated heterocycles. The molecule has 5 heteroatoms. The van der Waals surface area contributed by atoms with Crippen molar-refractivity contribution >= 4 is 81.6 Å². The quantitative estimate of drug-likeness (QED) is 0.212. The Morgan fingerprint density at radius 1 is 0.524 bits per heavy atom. The van der Waals surface area contributed by atoms with Crippen molar-refractivity contribution in [1.82, 2.24) is 18.9 Å². The number of hydrogen-bond acceptors (Lipinski definition) is 3. The molecule has 0 amide bonds. The van der Waals surface area contributed by atoms with Gasteiger partial charge in [0.15, 0.2) is 5.69 Å². The molecule has 0 aliphatic heterocycles. The lowest BCUT2D eigenvalue weighted by molar-refractivity contribution is 1.01. The van der Waals surface area contributed by atoms with Crippen molar-refractivity contribution in [2.75, 3.05) is 0 Å². The summed E-state index contributed by atoms with van der Waals surface area (Å²) in [6.45, 7) is 0. The van der Waals surface area contributed by atoms with Crippen LogP contribution in [0.4, 0.5) is 0 Å². The Morgan fingerprint density at radius 2 is 1.21 bits per heavy atom. The molecule has 5 nitrogen and oxygen atoms in total. The van der Waals surface area contributed by atoms with Gasteiger partial charge in [0.05, 0.1) is 33.1 Å². The monoisotopic (exact) mass is 533 g/mol. The molecule has 42 heavy (non-hydrogen) atoms. The van der Waals surface area contributed by atoms with Crippen LogP contribution in [-0.4, -0.2) is 18.9 Å². The van der Waals surface area contributed by atoms with Gasteiger partial charge in [-0.2, -0.15) is 5.26 Å². The molecule has 0 saturated carbocycles. The lowest BCUT2D eigenvalue weighted by Gasteiger charge is -2.10. The summed E-state index contributed by atoms with van der Waals surface area (Å²) in [6.07, 6.45) is 0. The highest BCUT2D eigenvalue weighted by Crippen LogP contribution is 2.47. The molecule has 10 aromatic rings. The Bertz CT molecular complexity index is 2810. The van der Waals surface area contributed by atoms with Crippen LogP contribution >= 0.6 is 0 Å². The first kappa shape index (κ1) is 21.8. The molecule has 0 atom stereocenters. The molecule has 0 N–H and O–H groups in total. The van der Waals surface area contributed by atoms with Gasteiger partial charge in [0, 0.05) is 43.1 Å². The second-order valence-corrected chi connectivity index (χ2v) is 10.9. The van der Waals surface area contributed by atoms with Crippen LogP contribution in [-0.2, 0) is 0 Å². The van der Waals surface area contributed by atoms with Crippen LogP contribution < -0.4 is 0 Å². The van der Waals surface area contributed by atoms with Gasteiger partial charge in [-0.05, 0) is 35.7 Å². The highest BCUT2D eigenvalue weighted by Gasteiger charge is 2.25. The third-order valence-corrected chi connectivity index (χ3v) is 8.88.